The number of thioether (sulfide) groups is 1. The second-order valence-corrected chi connectivity index (χ2v) is 10.8. The zero-order valence-electron chi connectivity index (χ0n) is 15.6. The molecule has 2 aliphatic rings. The molecule has 0 aromatic heterocycles. The Morgan fingerprint density at radius 1 is 1.21 bits per heavy atom. The number of para-hydroxylation sites is 1. The lowest BCUT2D eigenvalue weighted by Gasteiger charge is -2.26. The van der Waals surface area contributed by atoms with Gasteiger partial charge in [-0.15, -0.1) is 0 Å². The summed E-state index contributed by atoms with van der Waals surface area (Å²) in [6.07, 6.45) is 0. The van der Waals surface area contributed by atoms with Gasteiger partial charge in [-0.1, -0.05) is 41.6 Å². The van der Waals surface area contributed by atoms with Crippen LogP contribution in [-0.4, -0.2) is 48.9 Å². The zero-order valence-corrected chi connectivity index (χ0v) is 18.0. The Morgan fingerprint density at radius 3 is 2.66 bits per heavy atom. The number of anilines is 1. The van der Waals surface area contributed by atoms with Gasteiger partial charge in [-0.2, -0.15) is 4.99 Å². The molecule has 0 unspecified atom stereocenters. The van der Waals surface area contributed by atoms with Gasteiger partial charge in [0, 0.05) is 16.0 Å². The van der Waals surface area contributed by atoms with Crippen molar-refractivity contribution in [3.8, 4) is 5.75 Å². The van der Waals surface area contributed by atoms with Crippen LogP contribution in [0.15, 0.2) is 53.5 Å². The van der Waals surface area contributed by atoms with Gasteiger partial charge in [-0.05, 0) is 42.8 Å². The Hall–Kier alpha value is -2.03. The number of ether oxygens (including phenoxy) is 1. The standard InChI is InChI=1S/C20H19ClN2O4S2/c1-13-4-2-3-5-16(13)23-17-11-29(25,26)12-18(17)28-20(23)22-19(24)10-27-15-8-6-14(21)7-9-15/h2-9,17-18H,10-12H2,1H3/t17-,18-/m1/s1. The molecule has 0 radical (unpaired) electrons. The second-order valence-electron chi connectivity index (χ2n) is 6.99. The van der Waals surface area contributed by atoms with Crippen molar-refractivity contribution in [3.63, 3.8) is 0 Å². The lowest BCUT2D eigenvalue weighted by molar-refractivity contribution is -0.119. The van der Waals surface area contributed by atoms with Crippen LogP contribution in [0.25, 0.3) is 0 Å². The van der Waals surface area contributed by atoms with Gasteiger partial charge in [0.2, 0.25) is 0 Å². The largest absolute Gasteiger partial charge is 0.484 e. The first-order valence-electron chi connectivity index (χ1n) is 9.04. The van der Waals surface area contributed by atoms with E-state index < -0.39 is 15.7 Å². The van der Waals surface area contributed by atoms with Crippen LogP contribution in [0.4, 0.5) is 5.69 Å². The van der Waals surface area contributed by atoms with Gasteiger partial charge < -0.3 is 9.64 Å². The van der Waals surface area contributed by atoms with E-state index in [2.05, 4.69) is 4.99 Å². The Balaban J connectivity index is 1.57. The number of nitrogens with zero attached hydrogens (tertiary/aromatic N) is 2. The molecule has 29 heavy (non-hydrogen) atoms. The van der Waals surface area contributed by atoms with E-state index in [9.17, 15) is 13.2 Å². The highest BCUT2D eigenvalue weighted by Crippen LogP contribution is 2.41. The first-order valence-corrected chi connectivity index (χ1v) is 12.1. The van der Waals surface area contributed by atoms with Crippen molar-refractivity contribution in [1.29, 1.82) is 0 Å². The molecule has 0 saturated carbocycles. The number of amidine groups is 1. The number of fused-ring (bicyclic) bond motifs is 1. The van der Waals surface area contributed by atoms with Gasteiger partial charge in [0.25, 0.3) is 5.91 Å². The summed E-state index contributed by atoms with van der Waals surface area (Å²) in [7, 11) is -3.10. The van der Waals surface area contributed by atoms with Gasteiger partial charge in [-0.25, -0.2) is 8.42 Å². The topological polar surface area (TPSA) is 76.0 Å². The molecule has 4 rings (SSSR count). The highest BCUT2D eigenvalue weighted by atomic mass is 35.5. The minimum Gasteiger partial charge on any atom is -0.484 e. The first-order chi connectivity index (χ1) is 13.8. The van der Waals surface area contributed by atoms with Crippen LogP contribution in [0, 0.1) is 6.92 Å². The van der Waals surface area contributed by atoms with Gasteiger partial charge in [0.1, 0.15) is 5.75 Å². The Morgan fingerprint density at radius 2 is 1.93 bits per heavy atom. The predicted octanol–water partition coefficient (Wildman–Crippen LogP) is 3.33. The summed E-state index contributed by atoms with van der Waals surface area (Å²) in [5, 5.41) is 0.971. The zero-order chi connectivity index (χ0) is 20.6. The smallest absolute Gasteiger partial charge is 0.285 e. The Labute approximate surface area is 178 Å². The number of hydrogen-bond acceptors (Lipinski definition) is 5. The number of hydrogen-bond donors (Lipinski definition) is 0. The van der Waals surface area contributed by atoms with E-state index in [0.29, 0.717) is 15.9 Å². The fourth-order valence-electron chi connectivity index (χ4n) is 3.49. The summed E-state index contributed by atoms with van der Waals surface area (Å²) in [5.41, 5.74) is 1.87. The number of aliphatic imine (C=N–C) groups is 1. The van der Waals surface area contributed by atoms with Gasteiger partial charge in [0.15, 0.2) is 21.6 Å². The molecule has 0 aliphatic carbocycles. The summed E-state index contributed by atoms with van der Waals surface area (Å²) < 4.78 is 29.8. The molecule has 2 saturated heterocycles. The number of sulfone groups is 1. The van der Waals surface area contributed by atoms with Crippen molar-refractivity contribution in [3.05, 3.63) is 59.1 Å². The molecule has 0 bridgehead atoms. The molecule has 1 amide bonds. The summed E-state index contributed by atoms with van der Waals surface area (Å²) in [5.74, 6) is 0.261. The number of carbonyl (C=O) groups excluding carboxylic acids is 1. The second kappa shape index (κ2) is 8.01. The summed E-state index contributed by atoms with van der Waals surface area (Å²) in [6.45, 7) is 1.75. The van der Waals surface area contributed by atoms with Crippen molar-refractivity contribution in [2.45, 2.75) is 18.2 Å². The van der Waals surface area contributed by atoms with Crippen molar-refractivity contribution in [1.82, 2.24) is 0 Å². The molecule has 2 aromatic carbocycles. The minimum atomic E-state index is -3.10. The molecule has 2 aliphatic heterocycles. The fraction of sp³-hybridized carbons (Fsp3) is 0.300. The summed E-state index contributed by atoms with van der Waals surface area (Å²) in [4.78, 5) is 18.6. The van der Waals surface area contributed by atoms with Crippen LogP contribution in [-0.2, 0) is 14.6 Å². The van der Waals surface area contributed by atoms with E-state index in [1.54, 1.807) is 24.3 Å². The predicted molar refractivity (Wildman–Crippen MR) is 117 cm³/mol. The van der Waals surface area contributed by atoms with E-state index >= 15 is 0 Å². The van der Waals surface area contributed by atoms with E-state index in [1.165, 1.54) is 11.8 Å². The van der Waals surface area contributed by atoms with Crippen LogP contribution in [0.2, 0.25) is 5.02 Å². The average molecular weight is 451 g/mol. The Kier molecular flexibility index (Phi) is 5.59. The lowest BCUT2D eigenvalue weighted by Crippen LogP contribution is -2.38. The maximum Gasteiger partial charge on any atom is 0.285 e. The highest BCUT2D eigenvalue weighted by Gasteiger charge is 2.49. The molecule has 6 nitrogen and oxygen atoms in total. The Bertz CT molecular complexity index is 1070. The van der Waals surface area contributed by atoms with E-state index in [-0.39, 0.29) is 29.4 Å². The number of aryl methyl sites for hydroxylation is 1. The monoisotopic (exact) mass is 450 g/mol. The molecule has 152 valence electrons. The maximum atomic E-state index is 12.5. The third-order valence-electron chi connectivity index (χ3n) is 4.84. The number of halogens is 1. The molecular weight excluding hydrogens is 432 g/mol. The molecule has 9 heteroatoms. The van der Waals surface area contributed by atoms with Crippen molar-refractivity contribution >= 4 is 50.0 Å². The number of amides is 1. The number of benzene rings is 2. The molecule has 2 aromatic rings. The van der Waals surface area contributed by atoms with Gasteiger partial charge in [0.05, 0.1) is 17.5 Å². The van der Waals surface area contributed by atoms with Gasteiger partial charge in [-0.3, -0.25) is 4.79 Å². The van der Waals surface area contributed by atoms with Crippen LogP contribution in [0.5, 0.6) is 5.75 Å². The molecule has 0 N–H and O–H groups in total. The molecule has 2 fully saturated rings. The maximum absolute atomic E-state index is 12.5. The molecular formula is C20H19ClN2O4S2. The van der Waals surface area contributed by atoms with Crippen LogP contribution >= 0.6 is 23.4 Å². The molecule has 0 spiro atoms. The molecule has 2 heterocycles. The van der Waals surface area contributed by atoms with Crippen LogP contribution in [0.3, 0.4) is 0 Å². The van der Waals surface area contributed by atoms with Crippen LogP contribution in [0.1, 0.15) is 5.56 Å². The number of carbonyl (C=O) groups is 1. The average Bonchev–Trinajstić information content (AvgIpc) is 3.13. The third kappa shape index (κ3) is 4.44. The van der Waals surface area contributed by atoms with Gasteiger partial charge >= 0.3 is 0 Å². The SMILES string of the molecule is Cc1ccccc1N1C(=NC(=O)COc2ccc(Cl)cc2)S[C@@H]2CS(=O)(=O)C[C@H]21. The minimum absolute atomic E-state index is 0.0630. The summed E-state index contributed by atoms with van der Waals surface area (Å²) in [6, 6.07) is 14.2. The van der Waals surface area contributed by atoms with E-state index in [1.807, 2.05) is 36.1 Å². The van der Waals surface area contributed by atoms with Crippen molar-refractivity contribution < 1.29 is 17.9 Å². The fourth-order valence-corrected chi connectivity index (χ4v) is 7.54. The van der Waals surface area contributed by atoms with Crippen molar-refractivity contribution in [2.75, 3.05) is 23.0 Å². The number of rotatable bonds is 4. The lowest BCUT2D eigenvalue weighted by atomic mass is 10.1. The summed E-state index contributed by atoms with van der Waals surface area (Å²) >= 11 is 7.20. The van der Waals surface area contributed by atoms with E-state index in [4.69, 9.17) is 16.3 Å². The van der Waals surface area contributed by atoms with E-state index in [0.717, 1.165) is 11.3 Å². The van der Waals surface area contributed by atoms with Crippen molar-refractivity contribution in [2.24, 2.45) is 4.99 Å². The quantitative estimate of drug-likeness (QED) is 0.711. The van der Waals surface area contributed by atoms with Crippen LogP contribution < -0.4 is 9.64 Å². The molecule has 2 atom stereocenters. The highest BCUT2D eigenvalue weighted by molar-refractivity contribution is 8.16. The first kappa shape index (κ1) is 20.3. The third-order valence-corrected chi connectivity index (χ3v) is 8.30. The normalized spacial score (nSPS) is 23.9.